The molecule has 0 N–H and O–H groups in total. The molecule has 0 radical (unpaired) electrons. The Hall–Kier alpha value is -1.25. The second-order valence-electron chi connectivity index (χ2n) is 5.86. The quantitative estimate of drug-likeness (QED) is 0.747. The molecular weight excluding hydrogens is 212 g/mol. The fourth-order valence-corrected chi connectivity index (χ4v) is 2.19. The minimum atomic E-state index is 0.0577. The first-order chi connectivity index (χ1) is 7.97. The van der Waals surface area contributed by atoms with E-state index < -0.39 is 0 Å². The number of ketones is 1. The molecule has 1 heterocycles. The fourth-order valence-electron chi connectivity index (χ4n) is 2.19. The van der Waals surface area contributed by atoms with Gasteiger partial charge in [-0.3, -0.25) is 4.79 Å². The maximum absolute atomic E-state index is 11.2. The van der Waals surface area contributed by atoms with Crippen molar-refractivity contribution in [2.24, 2.45) is 0 Å². The van der Waals surface area contributed by atoms with Crippen LogP contribution in [0.4, 0.5) is 0 Å². The van der Waals surface area contributed by atoms with Crippen LogP contribution in [0, 0.1) is 0 Å². The van der Waals surface area contributed by atoms with E-state index in [9.17, 15) is 4.79 Å². The summed E-state index contributed by atoms with van der Waals surface area (Å²) >= 11 is 0. The third-order valence-corrected chi connectivity index (χ3v) is 3.35. The highest BCUT2D eigenvalue weighted by atomic mass is 16.1. The number of hydrogen-bond acceptors (Lipinski definition) is 3. The third kappa shape index (κ3) is 2.90. The Morgan fingerprint density at radius 1 is 1.24 bits per heavy atom. The summed E-state index contributed by atoms with van der Waals surface area (Å²) in [4.78, 5) is 20.3. The summed E-state index contributed by atoms with van der Waals surface area (Å²) in [6.45, 7) is 6.47. The summed E-state index contributed by atoms with van der Waals surface area (Å²) in [6, 6.07) is 1.98. The molecule has 1 aromatic heterocycles. The molecule has 2 rings (SSSR count). The van der Waals surface area contributed by atoms with Crippen molar-refractivity contribution in [1.82, 2.24) is 9.97 Å². The average Bonchev–Trinajstić information content (AvgIpc) is 2.29. The Labute approximate surface area is 103 Å². The second kappa shape index (κ2) is 4.55. The van der Waals surface area contributed by atoms with Crippen molar-refractivity contribution in [1.29, 1.82) is 0 Å². The number of Topliss-reactive ketones (excluding diaryl/α,β-unsaturated/α-hetero) is 1. The van der Waals surface area contributed by atoms with E-state index >= 15 is 0 Å². The lowest BCUT2D eigenvalue weighted by Crippen LogP contribution is -2.19. The first-order valence-corrected chi connectivity index (χ1v) is 6.32. The van der Waals surface area contributed by atoms with E-state index in [-0.39, 0.29) is 5.41 Å². The largest absolute Gasteiger partial charge is 0.300 e. The number of rotatable bonds is 1. The summed E-state index contributed by atoms with van der Waals surface area (Å²) in [7, 11) is 0. The Kier molecular flexibility index (Phi) is 3.27. The van der Waals surface area contributed by atoms with Crippen LogP contribution in [0.2, 0.25) is 0 Å². The molecule has 0 atom stereocenters. The van der Waals surface area contributed by atoms with Gasteiger partial charge in [-0.2, -0.15) is 0 Å². The normalized spacial score (nSPS) is 18.4. The van der Waals surface area contributed by atoms with Gasteiger partial charge in [-0.15, -0.1) is 0 Å². The molecular formula is C14H20N2O. The lowest BCUT2D eigenvalue weighted by Gasteiger charge is -2.22. The van der Waals surface area contributed by atoms with Crippen LogP contribution in [0.3, 0.4) is 0 Å². The van der Waals surface area contributed by atoms with E-state index in [4.69, 9.17) is 0 Å². The van der Waals surface area contributed by atoms with Gasteiger partial charge in [0.25, 0.3) is 0 Å². The van der Waals surface area contributed by atoms with Crippen molar-refractivity contribution in [3.05, 3.63) is 23.8 Å². The summed E-state index contributed by atoms with van der Waals surface area (Å²) in [6.07, 6.45) is 5.04. The number of aromatic nitrogens is 2. The van der Waals surface area contributed by atoms with E-state index in [1.54, 1.807) is 0 Å². The van der Waals surface area contributed by atoms with Crippen molar-refractivity contribution >= 4 is 5.78 Å². The van der Waals surface area contributed by atoms with E-state index in [1.165, 1.54) is 0 Å². The monoisotopic (exact) mass is 232 g/mol. The zero-order valence-corrected chi connectivity index (χ0v) is 10.9. The van der Waals surface area contributed by atoms with E-state index in [0.29, 0.717) is 24.5 Å². The second-order valence-corrected chi connectivity index (χ2v) is 5.86. The molecule has 0 spiro atoms. The molecule has 3 heteroatoms. The van der Waals surface area contributed by atoms with Gasteiger partial charge in [-0.05, 0) is 18.9 Å². The fraction of sp³-hybridized carbons (Fsp3) is 0.643. The first-order valence-electron chi connectivity index (χ1n) is 6.32. The highest BCUT2D eigenvalue weighted by Gasteiger charge is 2.24. The van der Waals surface area contributed by atoms with Crippen LogP contribution in [-0.4, -0.2) is 15.8 Å². The Morgan fingerprint density at radius 3 is 2.47 bits per heavy atom. The summed E-state index contributed by atoms with van der Waals surface area (Å²) in [5.41, 5.74) is 1.14. The standard InChI is InChI=1S/C14H20N2O/c1-14(2,3)12-8-9-15-13(16-12)10-4-6-11(17)7-5-10/h8-10H,4-7H2,1-3H3. The Bertz CT molecular complexity index is 410. The van der Waals surface area contributed by atoms with Gasteiger partial charge < -0.3 is 0 Å². The molecule has 17 heavy (non-hydrogen) atoms. The molecule has 0 bridgehead atoms. The van der Waals surface area contributed by atoms with Gasteiger partial charge in [0.15, 0.2) is 0 Å². The third-order valence-electron chi connectivity index (χ3n) is 3.35. The number of carbonyl (C=O) groups is 1. The molecule has 1 saturated carbocycles. The molecule has 0 amide bonds. The van der Waals surface area contributed by atoms with Crippen molar-refractivity contribution < 1.29 is 4.79 Å². The average molecular weight is 232 g/mol. The maximum Gasteiger partial charge on any atom is 0.132 e. The molecule has 1 aliphatic rings. The van der Waals surface area contributed by atoms with Crippen LogP contribution in [0.25, 0.3) is 0 Å². The van der Waals surface area contributed by atoms with E-state index in [2.05, 4.69) is 30.7 Å². The minimum absolute atomic E-state index is 0.0577. The van der Waals surface area contributed by atoms with E-state index in [0.717, 1.165) is 24.4 Å². The van der Waals surface area contributed by atoms with Gasteiger partial charge in [0.1, 0.15) is 11.6 Å². The molecule has 1 aliphatic carbocycles. The Balaban J connectivity index is 2.19. The van der Waals surface area contributed by atoms with Crippen LogP contribution in [0.5, 0.6) is 0 Å². The number of carbonyl (C=O) groups excluding carboxylic acids is 1. The van der Waals surface area contributed by atoms with Gasteiger partial charge >= 0.3 is 0 Å². The highest BCUT2D eigenvalue weighted by Crippen LogP contribution is 2.30. The molecule has 0 aliphatic heterocycles. The first kappa shape index (κ1) is 12.2. The van der Waals surface area contributed by atoms with Gasteiger partial charge in [0.2, 0.25) is 0 Å². The zero-order chi connectivity index (χ0) is 12.5. The smallest absolute Gasteiger partial charge is 0.132 e. The highest BCUT2D eigenvalue weighted by molar-refractivity contribution is 5.79. The topological polar surface area (TPSA) is 42.9 Å². The Morgan fingerprint density at radius 2 is 1.88 bits per heavy atom. The molecule has 1 fully saturated rings. The van der Waals surface area contributed by atoms with Crippen LogP contribution in [0.15, 0.2) is 12.3 Å². The van der Waals surface area contributed by atoms with Crippen LogP contribution >= 0.6 is 0 Å². The predicted octanol–water partition coefficient (Wildman–Crippen LogP) is 3.00. The minimum Gasteiger partial charge on any atom is -0.300 e. The van der Waals surface area contributed by atoms with Gasteiger partial charge in [-0.25, -0.2) is 9.97 Å². The van der Waals surface area contributed by atoms with Gasteiger partial charge in [0, 0.05) is 36.1 Å². The predicted molar refractivity (Wildman–Crippen MR) is 66.9 cm³/mol. The lowest BCUT2D eigenvalue weighted by molar-refractivity contribution is -0.120. The van der Waals surface area contributed by atoms with Crippen molar-refractivity contribution in [3.8, 4) is 0 Å². The summed E-state index contributed by atoms with van der Waals surface area (Å²) in [5.74, 6) is 1.67. The van der Waals surface area contributed by atoms with Crippen molar-refractivity contribution in [2.75, 3.05) is 0 Å². The molecule has 92 valence electrons. The van der Waals surface area contributed by atoms with Crippen LogP contribution in [0.1, 0.15) is 63.9 Å². The van der Waals surface area contributed by atoms with E-state index in [1.807, 2.05) is 12.3 Å². The molecule has 0 aromatic carbocycles. The van der Waals surface area contributed by atoms with Crippen molar-refractivity contribution in [3.63, 3.8) is 0 Å². The molecule has 0 unspecified atom stereocenters. The summed E-state index contributed by atoms with van der Waals surface area (Å²) in [5, 5.41) is 0. The summed E-state index contributed by atoms with van der Waals surface area (Å²) < 4.78 is 0. The SMILES string of the molecule is CC(C)(C)c1ccnc(C2CCC(=O)CC2)n1. The maximum atomic E-state index is 11.2. The number of hydrogen-bond donors (Lipinski definition) is 0. The van der Waals surface area contributed by atoms with Crippen molar-refractivity contribution in [2.45, 2.75) is 57.8 Å². The number of nitrogens with zero attached hydrogens (tertiary/aromatic N) is 2. The van der Waals surface area contributed by atoms with Gasteiger partial charge in [0.05, 0.1) is 0 Å². The molecule has 1 aromatic rings. The van der Waals surface area contributed by atoms with Crippen LogP contribution < -0.4 is 0 Å². The van der Waals surface area contributed by atoms with Crippen LogP contribution in [-0.2, 0) is 10.2 Å². The molecule has 3 nitrogen and oxygen atoms in total. The lowest BCUT2D eigenvalue weighted by atomic mass is 9.87. The zero-order valence-electron chi connectivity index (χ0n) is 10.9. The van der Waals surface area contributed by atoms with Gasteiger partial charge in [-0.1, -0.05) is 20.8 Å². The molecule has 0 saturated heterocycles.